The van der Waals surface area contributed by atoms with Crippen LogP contribution < -0.4 is 5.32 Å². The number of amides is 1. The van der Waals surface area contributed by atoms with Gasteiger partial charge < -0.3 is 5.32 Å². The Morgan fingerprint density at radius 2 is 1.80 bits per heavy atom. The van der Waals surface area contributed by atoms with Crippen molar-refractivity contribution in [1.29, 1.82) is 0 Å². The number of rotatable bonds is 4. The van der Waals surface area contributed by atoms with E-state index in [1.54, 1.807) is 42.3 Å². The first-order valence-corrected chi connectivity index (χ1v) is 10.5. The van der Waals surface area contributed by atoms with Crippen molar-refractivity contribution >= 4 is 22.5 Å². The van der Waals surface area contributed by atoms with Crippen LogP contribution in [0, 0.1) is 6.92 Å². The first-order valence-electron chi connectivity index (χ1n) is 10.5. The third-order valence-electron chi connectivity index (χ3n) is 5.51. The van der Waals surface area contributed by atoms with Gasteiger partial charge in [-0.2, -0.15) is 23.4 Å². The summed E-state index contributed by atoms with van der Waals surface area (Å²) in [5.74, 6) is 0.0584. The summed E-state index contributed by atoms with van der Waals surface area (Å²) in [6.45, 7) is 1.86. The lowest BCUT2D eigenvalue weighted by atomic mass is 10.1. The predicted molar refractivity (Wildman–Crippen MR) is 123 cm³/mol. The molecule has 0 spiro atoms. The van der Waals surface area contributed by atoms with Crippen LogP contribution in [0.4, 0.5) is 18.9 Å². The van der Waals surface area contributed by atoms with Gasteiger partial charge >= 0.3 is 6.18 Å². The first-order chi connectivity index (χ1) is 16.7. The summed E-state index contributed by atoms with van der Waals surface area (Å²) in [5.41, 5.74) is 2.62. The lowest BCUT2D eigenvalue weighted by Gasteiger charge is -2.09. The number of aromatic nitrogens is 6. The molecule has 0 aliphatic carbocycles. The zero-order chi connectivity index (χ0) is 24.7. The Morgan fingerprint density at radius 1 is 1.03 bits per heavy atom. The normalized spacial score (nSPS) is 11.7. The summed E-state index contributed by atoms with van der Waals surface area (Å²) in [6, 6.07) is 12.6. The molecular weight excluding hydrogens is 459 g/mol. The maximum atomic E-state index is 13.0. The Labute approximate surface area is 197 Å². The number of anilines is 1. The minimum atomic E-state index is -4.53. The van der Waals surface area contributed by atoms with Crippen molar-refractivity contribution in [3.05, 3.63) is 84.2 Å². The highest BCUT2D eigenvalue weighted by Gasteiger charge is 2.32. The molecular formula is C24H18F3N7O. The largest absolute Gasteiger partial charge is 0.433 e. The van der Waals surface area contributed by atoms with Gasteiger partial charge in [-0.3, -0.25) is 9.48 Å². The molecule has 0 radical (unpaired) electrons. The minimum absolute atomic E-state index is 0.171. The lowest BCUT2D eigenvalue weighted by Crippen LogP contribution is -2.12. The van der Waals surface area contributed by atoms with Crippen LogP contribution in [0.2, 0.25) is 0 Å². The summed E-state index contributed by atoms with van der Waals surface area (Å²) >= 11 is 0. The molecule has 0 unspecified atom stereocenters. The zero-order valence-corrected chi connectivity index (χ0v) is 18.6. The van der Waals surface area contributed by atoms with Crippen LogP contribution in [0.1, 0.15) is 21.9 Å². The van der Waals surface area contributed by atoms with E-state index in [0.717, 1.165) is 22.9 Å². The summed E-state index contributed by atoms with van der Waals surface area (Å²) in [6.07, 6.45) is 0.220. The van der Waals surface area contributed by atoms with Crippen LogP contribution in [0.3, 0.4) is 0 Å². The molecule has 0 aliphatic heterocycles. The summed E-state index contributed by atoms with van der Waals surface area (Å²) < 4.78 is 42.1. The SMILES string of the molecule is Cc1cc(C(=O)Nc2ccc(-c3cnn(-c4nccc5nc(C(F)(F)F)ccc45)c3)cc2)nn1C. The van der Waals surface area contributed by atoms with E-state index in [-0.39, 0.29) is 11.4 Å². The molecule has 5 aromatic rings. The molecule has 0 saturated carbocycles. The predicted octanol–water partition coefficient (Wildman–Crippen LogP) is 4.80. The molecule has 4 heterocycles. The molecule has 0 fully saturated rings. The Morgan fingerprint density at radius 3 is 2.49 bits per heavy atom. The second-order valence-corrected chi connectivity index (χ2v) is 7.90. The smallest absolute Gasteiger partial charge is 0.321 e. The third kappa shape index (κ3) is 4.35. The second-order valence-electron chi connectivity index (χ2n) is 7.90. The van der Waals surface area contributed by atoms with Gasteiger partial charge in [0.05, 0.1) is 11.7 Å². The Kier molecular flexibility index (Phi) is 5.31. The van der Waals surface area contributed by atoms with Gasteiger partial charge in [-0.25, -0.2) is 14.6 Å². The van der Waals surface area contributed by atoms with Gasteiger partial charge in [-0.1, -0.05) is 12.1 Å². The number of hydrogen-bond donors (Lipinski definition) is 1. The number of halogens is 3. The van der Waals surface area contributed by atoms with Gasteiger partial charge in [0.2, 0.25) is 0 Å². The van der Waals surface area contributed by atoms with Gasteiger partial charge in [0.1, 0.15) is 5.69 Å². The summed E-state index contributed by atoms with van der Waals surface area (Å²) in [7, 11) is 1.77. The average molecular weight is 477 g/mol. The molecule has 0 saturated heterocycles. The Bertz CT molecular complexity index is 1530. The third-order valence-corrected chi connectivity index (χ3v) is 5.51. The molecule has 1 N–H and O–H groups in total. The van der Waals surface area contributed by atoms with Crippen molar-refractivity contribution in [2.45, 2.75) is 13.1 Å². The highest BCUT2D eigenvalue weighted by Crippen LogP contribution is 2.30. The van der Waals surface area contributed by atoms with Crippen molar-refractivity contribution < 1.29 is 18.0 Å². The fraction of sp³-hybridized carbons (Fsp3) is 0.125. The number of hydrogen-bond acceptors (Lipinski definition) is 5. The summed E-state index contributed by atoms with van der Waals surface area (Å²) in [4.78, 5) is 20.4. The van der Waals surface area contributed by atoms with Gasteiger partial charge in [0.15, 0.2) is 11.5 Å². The highest BCUT2D eigenvalue weighted by atomic mass is 19.4. The van der Waals surface area contributed by atoms with E-state index in [1.165, 1.54) is 23.0 Å². The van der Waals surface area contributed by atoms with E-state index >= 15 is 0 Å². The van der Waals surface area contributed by atoms with E-state index < -0.39 is 11.9 Å². The number of nitrogens with one attached hydrogen (secondary N) is 1. The van der Waals surface area contributed by atoms with Gasteiger partial charge in [-0.05, 0) is 48.9 Å². The van der Waals surface area contributed by atoms with Crippen LogP contribution in [0.25, 0.3) is 27.8 Å². The maximum absolute atomic E-state index is 13.0. The van der Waals surface area contributed by atoms with Gasteiger partial charge in [0.25, 0.3) is 5.91 Å². The molecule has 35 heavy (non-hydrogen) atoms. The van der Waals surface area contributed by atoms with Gasteiger partial charge in [0, 0.05) is 41.8 Å². The monoisotopic (exact) mass is 477 g/mol. The number of benzene rings is 1. The van der Waals surface area contributed by atoms with Crippen LogP contribution >= 0.6 is 0 Å². The molecule has 176 valence electrons. The second kappa shape index (κ2) is 8.35. The number of alkyl halides is 3. The molecule has 5 rings (SSSR count). The topological polar surface area (TPSA) is 90.5 Å². The highest BCUT2D eigenvalue weighted by molar-refractivity contribution is 6.03. The average Bonchev–Trinajstić information content (AvgIpc) is 3.45. The van der Waals surface area contributed by atoms with Crippen LogP contribution in [0.15, 0.2) is 67.1 Å². The standard InChI is InChI=1S/C24H18F3N7O/c1-14-11-20(32-33(14)2)23(35)30-17-5-3-15(4-6-17)16-12-29-34(13-16)22-18-7-8-21(24(25,26)27)31-19(18)9-10-28-22/h3-13H,1-2H3,(H,30,35). The van der Waals surface area contributed by atoms with Gasteiger partial charge in [-0.15, -0.1) is 0 Å². The van der Waals surface area contributed by atoms with Crippen molar-refractivity contribution in [3.63, 3.8) is 0 Å². The van der Waals surface area contributed by atoms with E-state index in [0.29, 0.717) is 22.6 Å². The van der Waals surface area contributed by atoms with E-state index in [9.17, 15) is 18.0 Å². The fourth-order valence-electron chi connectivity index (χ4n) is 3.58. The van der Waals surface area contributed by atoms with E-state index in [4.69, 9.17) is 0 Å². The number of carbonyl (C=O) groups is 1. The Balaban J connectivity index is 1.38. The number of carbonyl (C=O) groups excluding carboxylic acids is 1. The number of aryl methyl sites for hydroxylation is 2. The van der Waals surface area contributed by atoms with Crippen molar-refractivity contribution in [1.82, 2.24) is 29.5 Å². The number of fused-ring (bicyclic) bond motifs is 1. The van der Waals surface area contributed by atoms with E-state index in [2.05, 4.69) is 25.5 Å². The van der Waals surface area contributed by atoms with Crippen molar-refractivity contribution in [2.75, 3.05) is 5.32 Å². The number of pyridine rings is 2. The molecule has 4 aromatic heterocycles. The van der Waals surface area contributed by atoms with Crippen molar-refractivity contribution in [3.8, 4) is 16.9 Å². The molecule has 1 aromatic carbocycles. The number of nitrogens with zero attached hydrogens (tertiary/aromatic N) is 6. The molecule has 0 bridgehead atoms. The van der Waals surface area contributed by atoms with Crippen molar-refractivity contribution in [2.24, 2.45) is 7.05 Å². The quantitative estimate of drug-likeness (QED) is 0.402. The first kappa shape index (κ1) is 22.3. The van der Waals surface area contributed by atoms with Crippen LogP contribution in [-0.4, -0.2) is 35.4 Å². The maximum Gasteiger partial charge on any atom is 0.433 e. The lowest BCUT2D eigenvalue weighted by molar-refractivity contribution is -0.140. The molecule has 11 heteroatoms. The molecule has 0 atom stereocenters. The summed E-state index contributed by atoms with van der Waals surface area (Å²) in [5, 5.41) is 11.8. The minimum Gasteiger partial charge on any atom is -0.321 e. The Hall–Kier alpha value is -4.54. The van der Waals surface area contributed by atoms with Crippen LogP contribution in [-0.2, 0) is 13.2 Å². The zero-order valence-electron chi connectivity index (χ0n) is 18.6. The molecule has 0 aliphatic rings. The molecule has 8 nitrogen and oxygen atoms in total. The molecule has 1 amide bonds. The fourth-order valence-corrected chi connectivity index (χ4v) is 3.58. The van der Waals surface area contributed by atoms with E-state index in [1.807, 2.05) is 19.1 Å². The van der Waals surface area contributed by atoms with Crippen LogP contribution in [0.5, 0.6) is 0 Å².